The Bertz CT molecular complexity index is 408. The van der Waals surface area contributed by atoms with Gasteiger partial charge in [0.05, 0.1) is 12.7 Å². The lowest BCUT2D eigenvalue weighted by Gasteiger charge is -2.37. The number of likely N-dealkylation sites (N-methyl/N-ethyl adjacent to an activating group) is 1. The number of halogens is 1. The highest BCUT2D eigenvalue weighted by molar-refractivity contribution is 6.30. The lowest BCUT2D eigenvalue weighted by molar-refractivity contribution is -0.0459. The summed E-state index contributed by atoms with van der Waals surface area (Å²) in [5, 5.41) is 4.39. The van der Waals surface area contributed by atoms with Crippen molar-refractivity contribution in [3.8, 4) is 0 Å². The topological polar surface area (TPSA) is 24.5 Å². The van der Waals surface area contributed by atoms with E-state index < -0.39 is 0 Å². The van der Waals surface area contributed by atoms with E-state index in [-0.39, 0.29) is 6.10 Å². The summed E-state index contributed by atoms with van der Waals surface area (Å²) in [5.41, 5.74) is 1.31. The molecule has 1 aromatic carbocycles. The minimum atomic E-state index is 0.265. The van der Waals surface area contributed by atoms with Crippen LogP contribution in [0.3, 0.4) is 0 Å². The van der Waals surface area contributed by atoms with E-state index in [4.69, 9.17) is 16.3 Å². The maximum Gasteiger partial charge on any atom is 0.0858 e. The van der Waals surface area contributed by atoms with Crippen LogP contribution in [0.4, 0.5) is 0 Å². The Hall–Kier alpha value is -0.610. The first-order valence-corrected chi connectivity index (χ1v) is 8.42. The van der Waals surface area contributed by atoms with Crippen molar-refractivity contribution in [2.45, 2.75) is 38.8 Å². The number of hydrogen-bond acceptors (Lipinski definition) is 3. The smallest absolute Gasteiger partial charge is 0.0858 e. The van der Waals surface area contributed by atoms with E-state index in [1.54, 1.807) is 0 Å². The number of ether oxygens (including phenoxy) is 1. The average Bonchev–Trinajstić information content (AvgIpc) is 2.50. The Morgan fingerprint density at radius 2 is 2.10 bits per heavy atom. The second-order valence-electron chi connectivity index (χ2n) is 5.70. The fraction of sp³-hybridized carbons (Fsp3) is 0.647. The van der Waals surface area contributed by atoms with Crippen LogP contribution in [0.15, 0.2) is 24.3 Å². The summed E-state index contributed by atoms with van der Waals surface area (Å²) >= 11 is 5.96. The Kier molecular flexibility index (Phi) is 6.97. The molecule has 1 saturated heterocycles. The predicted octanol–water partition coefficient (Wildman–Crippen LogP) is 2.97. The molecule has 1 aromatic rings. The molecule has 4 heteroatoms. The maximum absolute atomic E-state index is 6.03. The molecule has 0 radical (unpaired) electrons. The van der Waals surface area contributed by atoms with Crippen LogP contribution in [0.1, 0.15) is 25.8 Å². The second-order valence-corrected chi connectivity index (χ2v) is 6.14. The molecule has 0 amide bonds. The number of nitrogens with one attached hydrogen (secondary N) is 1. The van der Waals surface area contributed by atoms with E-state index in [1.165, 1.54) is 18.5 Å². The van der Waals surface area contributed by atoms with Crippen molar-refractivity contribution in [2.24, 2.45) is 0 Å². The minimum absolute atomic E-state index is 0.265. The molecule has 0 saturated carbocycles. The van der Waals surface area contributed by atoms with Crippen LogP contribution >= 0.6 is 11.6 Å². The van der Waals surface area contributed by atoms with Crippen LogP contribution in [0.5, 0.6) is 0 Å². The fourth-order valence-corrected chi connectivity index (χ4v) is 3.09. The van der Waals surface area contributed by atoms with Gasteiger partial charge in [-0.3, -0.25) is 4.90 Å². The molecular weight excluding hydrogens is 284 g/mol. The first kappa shape index (κ1) is 16.8. The van der Waals surface area contributed by atoms with Gasteiger partial charge >= 0.3 is 0 Å². The molecule has 3 nitrogen and oxygen atoms in total. The van der Waals surface area contributed by atoms with Crippen LogP contribution in [0.25, 0.3) is 0 Å². The number of rotatable bonds is 7. The molecular formula is C17H27ClN2O. The van der Waals surface area contributed by atoms with Crippen molar-refractivity contribution in [1.82, 2.24) is 10.2 Å². The van der Waals surface area contributed by atoms with E-state index in [0.29, 0.717) is 6.04 Å². The third kappa shape index (κ3) is 5.26. The molecule has 0 bridgehead atoms. The SMILES string of the molecule is CCCN1CCOC(C(Cc2ccc(Cl)cc2)NCC)C1. The van der Waals surface area contributed by atoms with E-state index in [2.05, 4.69) is 36.2 Å². The standard InChI is InChI=1S/C17H27ClN2O/c1-3-9-20-10-11-21-17(13-20)16(19-4-2)12-14-5-7-15(18)8-6-14/h5-8,16-17,19H,3-4,9-13H2,1-2H3. The predicted molar refractivity (Wildman–Crippen MR) is 89.1 cm³/mol. The molecule has 0 spiro atoms. The molecule has 1 heterocycles. The highest BCUT2D eigenvalue weighted by atomic mass is 35.5. The fourth-order valence-electron chi connectivity index (χ4n) is 2.97. The number of benzene rings is 1. The van der Waals surface area contributed by atoms with Crippen LogP contribution in [0, 0.1) is 0 Å². The molecule has 1 fully saturated rings. The third-order valence-corrected chi connectivity index (χ3v) is 4.25. The summed E-state index contributed by atoms with van der Waals surface area (Å²) in [4.78, 5) is 2.51. The number of nitrogens with zero attached hydrogens (tertiary/aromatic N) is 1. The van der Waals surface area contributed by atoms with Crippen molar-refractivity contribution in [3.05, 3.63) is 34.9 Å². The van der Waals surface area contributed by atoms with Gasteiger partial charge in [0.15, 0.2) is 0 Å². The quantitative estimate of drug-likeness (QED) is 0.838. The van der Waals surface area contributed by atoms with Gasteiger partial charge in [-0.25, -0.2) is 0 Å². The highest BCUT2D eigenvalue weighted by Crippen LogP contribution is 2.16. The van der Waals surface area contributed by atoms with Gasteiger partial charge in [-0.1, -0.05) is 37.6 Å². The minimum Gasteiger partial charge on any atom is -0.374 e. The largest absolute Gasteiger partial charge is 0.374 e. The molecule has 1 aliphatic heterocycles. The van der Waals surface area contributed by atoms with E-state index in [9.17, 15) is 0 Å². The molecule has 0 aliphatic carbocycles. The third-order valence-electron chi connectivity index (χ3n) is 4.00. The maximum atomic E-state index is 6.03. The molecule has 118 valence electrons. The van der Waals surface area contributed by atoms with Gasteiger partial charge < -0.3 is 10.1 Å². The second kappa shape index (κ2) is 8.74. The summed E-state index contributed by atoms with van der Waals surface area (Å²) in [5.74, 6) is 0. The molecule has 2 rings (SSSR count). The van der Waals surface area contributed by atoms with Crippen molar-refractivity contribution < 1.29 is 4.74 Å². The van der Waals surface area contributed by atoms with Crippen LogP contribution in [-0.2, 0) is 11.2 Å². The Morgan fingerprint density at radius 3 is 2.76 bits per heavy atom. The molecule has 1 N–H and O–H groups in total. The monoisotopic (exact) mass is 310 g/mol. The van der Waals surface area contributed by atoms with Gasteiger partial charge in [-0.2, -0.15) is 0 Å². The van der Waals surface area contributed by atoms with Gasteiger partial charge in [0.2, 0.25) is 0 Å². The Labute approximate surface area is 133 Å². The van der Waals surface area contributed by atoms with Crippen molar-refractivity contribution in [3.63, 3.8) is 0 Å². The van der Waals surface area contributed by atoms with E-state index in [0.717, 1.165) is 37.7 Å². The zero-order chi connectivity index (χ0) is 15.1. The van der Waals surface area contributed by atoms with Gasteiger partial charge in [0.1, 0.15) is 0 Å². The van der Waals surface area contributed by atoms with Gasteiger partial charge in [0.25, 0.3) is 0 Å². The molecule has 0 aromatic heterocycles. The normalized spacial score (nSPS) is 21.4. The van der Waals surface area contributed by atoms with Crippen LogP contribution < -0.4 is 5.32 Å². The zero-order valence-electron chi connectivity index (χ0n) is 13.1. The Balaban J connectivity index is 1.98. The van der Waals surface area contributed by atoms with Crippen molar-refractivity contribution >= 4 is 11.6 Å². The van der Waals surface area contributed by atoms with Crippen molar-refractivity contribution in [2.75, 3.05) is 32.8 Å². The lowest BCUT2D eigenvalue weighted by atomic mass is 10.00. The van der Waals surface area contributed by atoms with Gasteiger partial charge in [-0.15, -0.1) is 0 Å². The first-order chi connectivity index (χ1) is 10.2. The van der Waals surface area contributed by atoms with E-state index in [1.807, 2.05) is 12.1 Å². The van der Waals surface area contributed by atoms with Gasteiger partial charge in [0, 0.05) is 24.2 Å². The zero-order valence-corrected chi connectivity index (χ0v) is 13.9. The van der Waals surface area contributed by atoms with E-state index >= 15 is 0 Å². The highest BCUT2D eigenvalue weighted by Gasteiger charge is 2.27. The molecule has 1 aliphatic rings. The summed E-state index contributed by atoms with van der Waals surface area (Å²) in [6.45, 7) is 9.45. The summed E-state index contributed by atoms with van der Waals surface area (Å²) in [6.07, 6.45) is 2.45. The van der Waals surface area contributed by atoms with Gasteiger partial charge in [-0.05, 0) is 43.6 Å². The molecule has 21 heavy (non-hydrogen) atoms. The first-order valence-electron chi connectivity index (χ1n) is 8.04. The average molecular weight is 311 g/mol. The number of hydrogen-bond donors (Lipinski definition) is 1. The molecule has 2 unspecified atom stereocenters. The summed E-state index contributed by atoms with van der Waals surface area (Å²) in [7, 11) is 0. The molecule has 2 atom stereocenters. The summed E-state index contributed by atoms with van der Waals surface area (Å²) in [6, 6.07) is 8.50. The lowest BCUT2D eigenvalue weighted by Crippen LogP contribution is -2.53. The van der Waals surface area contributed by atoms with Crippen LogP contribution in [0.2, 0.25) is 5.02 Å². The summed E-state index contributed by atoms with van der Waals surface area (Å²) < 4.78 is 6.03. The number of morpholine rings is 1. The Morgan fingerprint density at radius 1 is 1.33 bits per heavy atom. The van der Waals surface area contributed by atoms with Crippen LogP contribution in [-0.4, -0.2) is 49.8 Å². The van der Waals surface area contributed by atoms with Crippen molar-refractivity contribution in [1.29, 1.82) is 0 Å².